The standard InChI is InChI=1S/C28H32FN3O6S.C26H28FN3O5S.CO2/c1-27(2,34)14-36-18-4-5-19(21(29)8-18)20-13-39-24-22(20)30-15-31-25(24)37-23-16-9-32(10-17(23)12-35-11-16)26(33)38-28(3)6-7-28;1-3-33-17-4-5-18(20(27)8-17)19-13-36-23-21(19)28-14-29-24(23)34-22-15-9-30(10-16(22)12-32-11-15)25(31)35-26(2)6-7-26;2-1-3/h4-5,8,13,15-17,23,34H,6-7,9-12,14H2,1-3H3;4-5,8,13-16,22H,3,6-7,9-12H2,1-2H3;. The van der Waals surface area contributed by atoms with E-state index in [1.165, 1.54) is 47.5 Å². The number of amides is 2. The summed E-state index contributed by atoms with van der Waals surface area (Å²) in [7, 11) is 0. The molecule has 1 N–H and O–H groups in total. The molecule has 4 bridgehead atoms. The van der Waals surface area contributed by atoms with Gasteiger partial charge in [-0.3, -0.25) is 0 Å². The van der Waals surface area contributed by atoms with Gasteiger partial charge in [-0.05, 0) is 84.6 Å². The molecule has 6 fully saturated rings. The number of carbonyl (C=O) groups excluding carboxylic acids is 4. The van der Waals surface area contributed by atoms with E-state index in [-0.39, 0.29) is 77.8 Å². The lowest BCUT2D eigenvalue weighted by Crippen LogP contribution is -2.59. The summed E-state index contributed by atoms with van der Waals surface area (Å²) in [5.41, 5.74) is 1.79. The molecule has 4 saturated heterocycles. The smallest absolute Gasteiger partial charge is 0.410 e. The predicted molar refractivity (Wildman–Crippen MR) is 279 cm³/mol. The second kappa shape index (κ2) is 22.6. The van der Waals surface area contributed by atoms with Gasteiger partial charge in [0, 0.05) is 95.0 Å². The molecule has 4 unspecified atom stereocenters. The van der Waals surface area contributed by atoms with Crippen molar-refractivity contribution >= 4 is 61.4 Å². The van der Waals surface area contributed by atoms with Crippen LogP contribution in [0, 0.1) is 35.3 Å². The fourth-order valence-electron chi connectivity index (χ4n) is 10.1. The first-order chi connectivity index (χ1) is 37.4. The van der Waals surface area contributed by atoms with Gasteiger partial charge in [0.15, 0.2) is 0 Å². The fourth-order valence-corrected chi connectivity index (χ4v) is 12.0. The molecule has 414 valence electrons. The van der Waals surface area contributed by atoms with Gasteiger partial charge in [0.2, 0.25) is 11.8 Å². The third-order valence-corrected chi connectivity index (χ3v) is 16.5. The maximum Gasteiger partial charge on any atom is 0.410 e. The van der Waals surface area contributed by atoms with Crippen molar-refractivity contribution in [3.05, 3.63) is 71.4 Å². The van der Waals surface area contributed by atoms with Crippen molar-refractivity contribution in [1.82, 2.24) is 29.7 Å². The monoisotopic (exact) mass is 1110 g/mol. The van der Waals surface area contributed by atoms with Gasteiger partial charge in [-0.15, -0.1) is 22.7 Å². The van der Waals surface area contributed by atoms with E-state index in [1.807, 2.05) is 31.5 Å². The number of hydrogen-bond acceptors (Lipinski definition) is 19. The van der Waals surface area contributed by atoms with Crippen LogP contribution in [-0.2, 0) is 28.5 Å². The predicted octanol–water partition coefficient (Wildman–Crippen LogP) is 8.99. The summed E-state index contributed by atoms with van der Waals surface area (Å²) in [5, 5.41) is 13.6. The average molecular weight is 1120 g/mol. The zero-order valence-electron chi connectivity index (χ0n) is 43.7. The lowest BCUT2D eigenvalue weighted by Gasteiger charge is -2.46. The number of ether oxygens (including phenoxy) is 8. The molecular weight excluding hydrogens is 1050 g/mol. The summed E-state index contributed by atoms with van der Waals surface area (Å²) >= 11 is 2.83. The minimum absolute atomic E-state index is 0.00469. The molecule has 78 heavy (non-hydrogen) atoms. The average Bonchev–Trinajstić information content (AvgIpc) is 4.19. The molecule has 12 rings (SSSR count). The van der Waals surface area contributed by atoms with Gasteiger partial charge in [0.05, 0.1) is 49.7 Å². The molecular formula is C55H60F2N6O13S2. The molecule has 19 nitrogen and oxygen atoms in total. The first-order valence-electron chi connectivity index (χ1n) is 25.9. The number of nitrogens with zero attached hydrogens (tertiary/aromatic N) is 6. The number of carbonyl (C=O) groups is 2. The summed E-state index contributed by atoms with van der Waals surface area (Å²) in [6.07, 6.45) is 5.94. The molecule has 6 aliphatic rings. The van der Waals surface area contributed by atoms with E-state index in [9.17, 15) is 19.1 Å². The van der Waals surface area contributed by atoms with Gasteiger partial charge in [0.25, 0.3) is 0 Å². The van der Waals surface area contributed by atoms with E-state index < -0.39 is 11.4 Å². The van der Waals surface area contributed by atoms with Crippen molar-refractivity contribution in [1.29, 1.82) is 0 Å². The Kier molecular flexibility index (Phi) is 15.9. The Morgan fingerprint density at radius 2 is 1.08 bits per heavy atom. The summed E-state index contributed by atoms with van der Waals surface area (Å²) in [4.78, 5) is 63.0. The van der Waals surface area contributed by atoms with Crippen LogP contribution in [0.4, 0.5) is 18.4 Å². The van der Waals surface area contributed by atoms with Crippen LogP contribution in [0.25, 0.3) is 42.7 Å². The number of fused-ring (bicyclic) bond motifs is 6. The highest BCUT2D eigenvalue weighted by atomic mass is 32.1. The van der Waals surface area contributed by atoms with Crippen LogP contribution in [-0.4, -0.2) is 148 Å². The molecule has 8 heterocycles. The van der Waals surface area contributed by atoms with Crippen LogP contribution in [0.3, 0.4) is 0 Å². The van der Waals surface area contributed by atoms with Gasteiger partial charge < -0.3 is 52.8 Å². The zero-order chi connectivity index (χ0) is 54.9. The third-order valence-electron chi connectivity index (χ3n) is 14.6. The maximum absolute atomic E-state index is 15.1. The lowest BCUT2D eigenvalue weighted by molar-refractivity contribution is -0.191. The van der Waals surface area contributed by atoms with Gasteiger partial charge in [-0.1, -0.05) is 0 Å². The van der Waals surface area contributed by atoms with E-state index >= 15 is 4.39 Å². The molecule has 4 aromatic heterocycles. The van der Waals surface area contributed by atoms with Gasteiger partial charge in [0.1, 0.15) is 75.2 Å². The topological polar surface area (TPSA) is 220 Å². The maximum atomic E-state index is 15.1. The Labute approximate surface area is 456 Å². The molecule has 2 aliphatic carbocycles. The Balaban J connectivity index is 0.000000169. The minimum atomic E-state index is -1.02. The number of aliphatic hydroxyl groups is 1. The molecule has 4 aliphatic heterocycles. The Morgan fingerprint density at radius 3 is 1.44 bits per heavy atom. The van der Waals surface area contributed by atoms with Crippen LogP contribution in [0.2, 0.25) is 0 Å². The van der Waals surface area contributed by atoms with Crippen molar-refractivity contribution in [2.24, 2.45) is 23.7 Å². The summed E-state index contributed by atoms with van der Waals surface area (Å²) in [6, 6.07) is 9.50. The second-order valence-corrected chi connectivity index (χ2v) is 23.4. The molecule has 2 saturated carbocycles. The van der Waals surface area contributed by atoms with Crippen molar-refractivity contribution in [2.45, 2.75) is 89.3 Å². The molecule has 2 amide bonds. The lowest BCUT2D eigenvalue weighted by atomic mass is 9.84. The molecule has 2 aromatic carbocycles. The number of benzene rings is 2. The zero-order valence-corrected chi connectivity index (χ0v) is 45.4. The Morgan fingerprint density at radius 1 is 0.679 bits per heavy atom. The normalized spacial score (nSPS) is 23.3. The largest absolute Gasteiger partial charge is 0.494 e. The number of aromatic nitrogens is 4. The highest BCUT2D eigenvalue weighted by Gasteiger charge is 2.49. The number of rotatable bonds is 13. The van der Waals surface area contributed by atoms with Gasteiger partial charge >= 0.3 is 18.3 Å². The van der Waals surface area contributed by atoms with Gasteiger partial charge in [-0.2, -0.15) is 9.59 Å². The number of likely N-dealkylation sites (tertiary alicyclic amines) is 2. The highest BCUT2D eigenvalue weighted by molar-refractivity contribution is 7.18. The summed E-state index contributed by atoms with van der Waals surface area (Å²) in [6.45, 7) is 13.6. The second-order valence-electron chi connectivity index (χ2n) is 21.6. The first kappa shape index (κ1) is 54.7. The summed E-state index contributed by atoms with van der Waals surface area (Å²) < 4.78 is 78.4. The van der Waals surface area contributed by atoms with E-state index in [0.717, 1.165) is 35.1 Å². The number of piperidine rings is 2. The van der Waals surface area contributed by atoms with Crippen LogP contribution in [0.5, 0.6) is 23.3 Å². The Bertz CT molecular complexity index is 3170. The van der Waals surface area contributed by atoms with Crippen molar-refractivity contribution in [3.63, 3.8) is 0 Å². The first-order valence-corrected chi connectivity index (χ1v) is 27.7. The molecule has 0 radical (unpaired) electrons. The van der Waals surface area contributed by atoms with Gasteiger partial charge in [-0.25, -0.2) is 38.3 Å². The quantitative estimate of drug-likeness (QED) is 0.114. The van der Waals surface area contributed by atoms with E-state index in [0.29, 0.717) is 116 Å². The van der Waals surface area contributed by atoms with Crippen molar-refractivity contribution < 1.29 is 71.0 Å². The number of hydrogen-bond donors (Lipinski definition) is 1. The van der Waals surface area contributed by atoms with Crippen LogP contribution in [0.15, 0.2) is 59.8 Å². The molecule has 23 heteroatoms. The highest BCUT2D eigenvalue weighted by Crippen LogP contribution is 2.45. The Hall–Kier alpha value is -6.62. The third kappa shape index (κ3) is 12.3. The fraction of sp³-hybridized carbons (Fsp3) is 0.509. The van der Waals surface area contributed by atoms with Crippen LogP contribution in [0.1, 0.15) is 60.3 Å². The number of thiophene rings is 2. The number of halogens is 2. The molecule has 4 atom stereocenters. The van der Waals surface area contributed by atoms with Crippen molar-refractivity contribution in [2.75, 3.05) is 65.8 Å². The molecule has 0 spiro atoms. The van der Waals surface area contributed by atoms with Crippen LogP contribution < -0.4 is 18.9 Å². The van der Waals surface area contributed by atoms with Crippen molar-refractivity contribution in [3.8, 4) is 45.5 Å². The van der Waals surface area contributed by atoms with E-state index in [2.05, 4.69) is 19.9 Å². The molecule has 6 aromatic rings. The summed E-state index contributed by atoms with van der Waals surface area (Å²) in [5.74, 6) is 0.916. The van der Waals surface area contributed by atoms with E-state index in [1.54, 1.807) is 47.9 Å². The van der Waals surface area contributed by atoms with Crippen LogP contribution >= 0.6 is 22.7 Å². The van der Waals surface area contributed by atoms with E-state index in [4.69, 9.17) is 47.5 Å². The minimum Gasteiger partial charge on any atom is -0.494 e. The SMILES string of the molecule is CC(C)(O)COc1ccc(-c2csc3c(OC4C5COCC4CN(C(=O)OC4(C)CC4)C5)ncnc23)c(F)c1.CCOc1ccc(-c2csc3c(OC4C5COCC4CN(C(=O)OC4(C)CC4)C5)ncnc23)c(F)c1.O=C=O.